The highest BCUT2D eigenvalue weighted by Crippen LogP contribution is 2.39. The molecule has 35 heavy (non-hydrogen) atoms. The zero-order valence-electron chi connectivity index (χ0n) is 18.6. The molecule has 1 saturated heterocycles. The van der Waals surface area contributed by atoms with Crippen LogP contribution in [0.4, 0.5) is 8.78 Å². The molecule has 1 fully saturated rings. The highest BCUT2D eigenvalue weighted by atomic mass is 19.1. The van der Waals surface area contributed by atoms with Gasteiger partial charge in [0.15, 0.2) is 17.7 Å². The normalized spacial score (nSPS) is 20.9. The molecule has 2 N–H and O–H groups in total. The Morgan fingerprint density at radius 3 is 2.63 bits per heavy atom. The van der Waals surface area contributed by atoms with Crippen molar-refractivity contribution in [3.05, 3.63) is 99.0 Å². The van der Waals surface area contributed by atoms with Gasteiger partial charge in [-0.2, -0.15) is 0 Å². The number of ether oxygens (including phenoxy) is 1. The molecule has 0 spiro atoms. The first kappa shape index (κ1) is 22.7. The molecule has 0 aliphatic carbocycles. The quantitative estimate of drug-likeness (QED) is 0.597. The Hall–Kier alpha value is -4.05. The second kappa shape index (κ2) is 8.62. The molecule has 0 radical (unpaired) electrons. The molecule has 3 aromatic rings. The molecule has 3 atom stereocenters. The SMILES string of the molecule is CC1[C@@H](c2ccccc2)OC2Cn3cc(C(=O)NCc4ccc(F)cc4F)c(=O)c(O)c3C(=O)N21. The minimum absolute atomic E-state index is 0.0214. The van der Waals surface area contributed by atoms with E-state index in [1.165, 1.54) is 21.7 Å². The number of carbonyl (C=O) groups is 2. The van der Waals surface area contributed by atoms with E-state index in [9.17, 15) is 28.3 Å². The number of aromatic hydroxyl groups is 1. The third-order valence-corrected chi connectivity index (χ3v) is 6.36. The molecule has 2 amide bonds. The van der Waals surface area contributed by atoms with Crippen molar-refractivity contribution in [3.63, 3.8) is 0 Å². The maximum absolute atomic E-state index is 13.9. The Morgan fingerprint density at radius 1 is 1.17 bits per heavy atom. The van der Waals surface area contributed by atoms with E-state index in [4.69, 9.17) is 4.74 Å². The monoisotopic (exact) mass is 481 g/mol. The van der Waals surface area contributed by atoms with E-state index in [2.05, 4.69) is 5.32 Å². The lowest BCUT2D eigenvalue weighted by molar-refractivity contribution is -0.0154. The number of fused-ring (bicyclic) bond motifs is 2. The fourth-order valence-electron chi connectivity index (χ4n) is 4.61. The molecule has 10 heteroatoms. The minimum atomic E-state index is -1.02. The molecule has 2 aliphatic heterocycles. The summed E-state index contributed by atoms with van der Waals surface area (Å²) in [7, 11) is 0. The summed E-state index contributed by atoms with van der Waals surface area (Å²) in [5, 5.41) is 13.0. The Bertz CT molecular complexity index is 1390. The Balaban J connectivity index is 1.42. The molecule has 1 aromatic heterocycles. The predicted molar refractivity (Wildman–Crippen MR) is 120 cm³/mol. The van der Waals surface area contributed by atoms with Gasteiger partial charge in [0, 0.05) is 24.4 Å². The van der Waals surface area contributed by atoms with Gasteiger partial charge in [0.2, 0.25) is 5.43 Å². The van der Waals surface area contributed by atoms with Gasteiger partial charge in [0.1, 0.15) is 23.3 Å². The standard InChI is InChI=1S/C25H21F2N3O5/c1-13-23(14-5-3-2-4-6-14)35-19-12-29-11-17(21(31)22(32)20(29)25(34)30(13)19)24(33)28-10-15-7-8-16(26)9-18(15)27/h2-9,11,13,19,23,32H,10,12H2,1H3,(H,28,33)/t13?,19?,23-/m0/s1. The average molecular weight is 481 g/mol. The van der Waals surface area contributed by atoms with Crippen LogP contribution >= 0.6 is 0 Å². The lowest BCUT2D eigenvalue weighted by Gasteiger charge is -2.33. The first-order valence-electron chi connectivity index (χ1n) is 11.0. The summed E-state index contributed by atoms with van der Waals surface area (Å²) in [5.74, 6) is -3.90. The van der Waals surface area contributed by atoms with Gasteiger partial charge in [-0.3, -0.25) is 14.4 Å². The number of hydrogen-bond donors (Lipinski definition) is 2. The smallest absolute Gasteiger partial charge is 0.276 e. The number of benzene rings is 2. The van der Waals surface area contributed by atoms with Crippen LogP contribution in [0.3, 0.4) is 0 Å². The van der Waals surface area contributed by atoms with Crippen LogP contribution in [0.1, 0.15) is 45.0 Å². The van der Waals surface area contributed by atoms with Crippen molar-refractivity contribution in [2.24, 2.45) is 0 Å². The minimum Gasteiger partial charge on any atom is -0.503 e. The highest BCUT2D eigenvalue weighted by Gasteiger charge is 2.47. The molecule has 2 aliphatic rings. The van der Waals surface area contributed by atoms with E-state index in [1.54, 1.807) is 0 Å². The number of pyridine rings is 1. The van der Waals surface area contributed by atoms with Gasteiger partial charge < -0.3 is 24.6 Å². The molecular weight excluding hydrogens is 460 g/mol. The number of nitrogens with zero attached hydrogens (tertiary/aromatic N) is 2. The summed E-state index contributed by atoms with van der Waals surface area (Å²) in [4.78, 5) is 40.2. The molecule has 0 saturated carbocycles. The van der Waals surface area contributed by atoms with Gasteiger partial charge in [-0.25, -0.2) is 8.78 Å². The van der Waals surface area contributed by atoms with E-state index < -0.39 is 52.5 Å². The molecule has 2 unspecified atom stereocenters. The molecule has 0 bridgehead atoms. The second-order valence-corrected chi connectivity index (χ2v) is 8.51. The summed E-state index contributed by atoms with van der Waals surface area (Å²) in [5.41, 5.74) is -0.754. The maximum Gasteiger partial charge on any atom is 0.276 e. The van der Waals surface area contributed by atoms with Crippen LogP contribution in [0.15, 0.2) is 59.5 Å². The molecule has 180 valence electrons. The number of halogens is 2. The van der Waals surface area contributed by atoms with E-state index in [0.717, 1.165) is 11.6 Å². The summed E-state index contributed by atoms with van der Waals surface area (Å²) in [6.07, 6.45) is 0.121. The Labute approximate surface area is 198 Å². The van der Waals surface area contributed by atoms with Crippen molar-refractivity contribution in [1.29, 1.82) is 0 Å². The maximum atomic E-state index is 13.9. The van der Waals surface area contributed by atoms with Gasteiger partial charge in [-0.05, 0) is 18.6 Å². The van der Waals surface area contributed by atoms with Gasteiger partial charge in [0.05, 0.1) is 12.6 Å². The number of carbonyl (C=O) groups excluding carboxylic acids is 2. The third-order valence-electron chi connectivity index (χ3n) is 6.36. The first-order valence-corrected chi connectivity index (χ1v) is 11.0. The fourth-order valence-corrected chi connectivity index (χ4v) is 4.61. The van der Waals surface area contributed by atoms with E-state index in [1.807, 2.05) is 37.3 Å². The zero-order valence-corrected chi connectivity index (χ0v) is 18.6. The predicted octanol–water partition coefficient (Wildman–Crippen LogP) is 2.70. The first-order chi connectivity index (χ1) is 16.8. The van der Waals surface area contributed by atoms with Crippen molar-refractivity contribution < 1.29 is 28.2 Å². The average Bonchev–Trinajstić information content (AvgIpc) is 3.17. The summed E-state index contributed by atoms with van der Waals surface area (Å²) in [6, 6.07) is 11.9. The molecular formula is C25H21F2N3O5. The Kier molecular flexibility index (Phi) is 5.60. The van der Waals surface area contributed by atoms with Crippen LogP contribution in [0.25, 0.3) is 0 Å². The topological polar surface area (TPSA) is 101 Å². The zero-order chi connectivity index (χ0) is 24.9. The summed E-state index contributed by atoms with van der Waals surface area (Å²) in [6.45, 7) is 1.62. The van der Waals surface area contributed by atoms with Crippen molar-refractivity contribution in [1.82, 2.24) is 14.8 Å². The number of nitrogens with one attached hydrogen (secondary N) is 1. The van der Waals surface area contributed by atoms with Crippen molar-refractivity contribution in [2.45, 2.75) is 38.4 Å². The summed E-state index contributed by atoms with van der Waals surface area (Å²) >= 11 is 0. The lowest BCUT2D eigenvalue weighted by atomic mass is 10.0. The van der Waals surface area contributed by atoms with Crippen LogP contribution in [0.5, 0.6) is 5.75 Å². The van der Waals surface area contributed by atoms with Crippen LogP contribution in [-0.2, 0) is 17.8 Å². The van der Waals surface area contributed by atoms with Crippen LogP contribution in [0.2, 0.25) is 0 Å². The second-order valence-electron chi connectivity index (χ2n) is 8.51. The van der Waals surface area contributed by atoms with Crippen molar-refractivity contribution in [3.8, 4) is 5.75 Å². The Morgan fingerprint density at radius 2 is 1.91 bits per heavy atom. The summed E-state index contributed by atoms with van der Waals surface area (Å²) < 4.78 is 34.4. The molecule has 5 rings (SSSR count). The van der Waals surface area contributed by atoms with Gasteiger partial charge in [-0.15, -0.1) is 0 Å². The molecule has 2 aromatic carbocycles. The number of aromatic nitrogens is 1. The third kappa shape index (κ3) is 3.85. The molecule has 3 heterocycles. The fraction of sp³-hybridized carbons (Fsp3) is 0.240. The number of amides is 2. The van der Waals surface area contributed by atoms with Crippen molar-refractivity contribution in [2.75, 3.05) is 0 Å². The van der Waals surface area contributed by atoms with Crippen LogP contribution in [0, 0.1) is 11.6 Å². The van der Waals surface area contributed by atoms with Gasteiger partial charge in [0.25, 0.3) is 11.8 Å². The van der Waals surface area contributed by atoms with E-state index >= 15 is 0 Å². The van der Waals surface area contributed by atoms with E-state index in [-0.39, 0.29) is 30.4 Å². The largest absolute Gasteiger partial charge is 0.503 e. The van der Waals surface area contributed by atoms with E-state index in [0.29, 0.717) is 6.07 Å². The van der Waals surface area contributed by atoms with Crippen LogP contribution in [-0.4, -0.2) is 38.7 Å². The van der Waals surface area contributed by atoms with Crippen molar-refractivity contribution >= 4 is 11.8 Å². The lowest BCUT2D eigenvalue weighted by Crippen LogP contribution is -2.49. The van der Waals surface area contributed by atoms with Gasteiger partial charge >= 0.3 is 0 Å². The highest BCUT2D eigenvalue weighted by molar-refractivity contribution is 5.99. The van der Waals surface area contributed by atoms with Gasteiger partial charge in [-0.1, -0.05) is 36.4 Å². The number of rotatable bonds is 4. The van der Waals surface area contributed by atoms with Crippen LogP contribution < -0.4 is 10.7 Å². The molecule has 8 nitrogen and oxygen atoms in total. The number of hydrogen-bond acceptors (Lipinski definition) is 5.